The summed E-state index contributed by atoms with van der Waals surface area (Å²) in [7, 11) is 0. The van der Waals surface area contributed by atoms with Crippen LogP contribution in [0, 0.1) is 5.82 Å². The van der Waals surface area contributed by atoms with Crippen LogP contribution in [0.4, 0.5) is 17.6 Å². The van der Waals surface area contributed by atoms with Gasteiger partial charge in [-0.2, -0.15) is 8.78 Å². The topological polar surface area (TPSA) is 86.8 Å². The molecule has 35 heavy (non-hydrogen) atoms. The SMILES string of the molecule is CC1(O)CC(c2ncc(-c3cnc4[nH]cc([C@@H](CF)c5c(OC(F)F)ccc(F)c5Cl)c4c3)[nH]2)C1. The first-order chi connectivity index (χ1) is 16.7. The number of hydrogen-bond acceptors (Lipinski definition) is 4. The number of benzene rings is 1. The third kappa shape index (κ3) is 4.36. The zero-order chi connectivity index (χ0) is 24.9. The minimum atomic E-state index is -3.19. The molecule has 0 spiro atoms. The average molecular weight is 509 g/mol. The van der Waals surface area contributed by atoms with E-state index in [1.165, 1.54) is 6.20 Å². The Labute approximate surface area is 202 Å². The number of nitrogens with zero attached hydrogens (tertiary/aromatic N) is 2. The third-order valence-electron chi connectivity index (χ3n) is 6.42. The Kier molecular flexibility index (Phi) is 5.96. The van der Waals surface area contributed by atoms with Gasteiger partial charge in [0, 0.05) is 40.7 Å². The molecule has 0 unspecified atom stereocenters. The van der Waals surface area contributed by atoms with Gasteiger partial charge in [-0.05, 0) is 43.5 Å². The van der Waals surface area contributed by atoms with Gasteiger partial charge in [0.2, 0.25) is 0 Å². The first-order valence-electron chi connectivity index (χ1n) is 10.9. The Morgan fingerprint density at radius 3 is 2.71 bits per heavy atom. The smallest absolute Gasteiger partial charge is 0.387 e. The van der Waals surface area contributed by atoms with Crippen molar-refractivity contribution in [1.29, 1.82) is 0 Å². The number of aromatic nitrogens is 4. The standard InChI is InChI=1S/C24H21ClF4N4O2/c1-24(34)5-12(6-24)21-32-10-17(33-21)11-4-13-15(9-31-22(13)30-8-11)14(7-26)19-18(35-23(28)29)3-2-16(27)20(19)25/h2-4,8-10,12,14,23,34H,5-7H2,1H3,(H,30,31)(H,32,33)/t12?,14-,24?/m1/s1. The van der Waals surface area contributed by atoms with E-state index >= 15 is 0 Å². The Morgan fingerprint density at radius 1 is 1.26 bits per heavy atom. The third-order valence-corrected chi connectivity index (χ3v) is 6.80. The molecule has 5 rings (SSSR count). The van der Waals surface area contributed by atoms with Crippen molar-refractivity contribution in [2.45, 2.75) is 43.8 Å². The monoisotopic (exact) mass is 508 g/mol. The van der Waals surface area contributed by atoms with E-state index in [1.807, 2.05) is 0 Å². The zero-order valence-electron chi connectivity index (χ0n) is 18.5. The number of rotatable bonds is 7. The van der Waals surface area contributed by atoms with Crippen LogP contribution in [0.3, 0.4) is 0 Å². The molecule has 3 N–H and O–H groups in total. The van der Waals surface area contributed by atoms with Crippen molar-refractivity contribution >= 4 is 22.6 Å². The van der Waals surface area contributed by atoms with Gasteiger partial charge in [-0.15, -0.1) is 0 Å². The van der Waals surface area contributed by atoms with Gasteiger partial charge < -0.3 is 19.8 Å². The molecule has 1 fully saturated rings. The number of aliphatic hydroxyl groups is 1. The summed E-state index contributed by atoms with van der Waals surface area (Å²) < 4.78 is 59.1. The highest BCUT2D eigenvalue weighted by molar-refractivity contribution is 6.31. The summed E-state index contributed by atoms with van der Waals surface area (Å²) in [6.07, 6.45) is 5.97. The number of halogens is 5. The number of ether oxygens (including phenoxy) is 1. The van der Waals surface area contributed by atoms with Crippen LogP contribution in [-0.4, -0.2) is 43.9 Å². The van der Waals surface area contributed by atoms with E-state index in [0.29, 0.717) is 40.7 Å². The van der Waals surface area contributed by atoms with E-state index in [1.54, 1.807) is 25.4 Å². The lowest BCUT2D eigenvalue weighted by Crippen LogP contribution is -2.39. The number of pyridine rings is 1. The van der Waals surface area contributed by atoms with E-state index in [0.717, 1.165) is 18.0 Å². The van der Waals surface area contributed by atoms with Gasteiger partial charge in [-0.3, -0.25) is 4.39 Å². The predicted octanol–water partition coefficient (Wildman–Crippen LogP) is 6.08. The lowest BCUT2D eigenvalue weighted by Gasteiger charge is -2.39. The zero-order valence-corrected chi connectivity index (χ0v) is 19.2. The molecule has 184 valence electrons. The maximum atomic E-state index is 14.4. The summed E-state index contributed by atoms with van der Waals surface area (Å²) in [5.74, 6) is -1.59. The van der Waals surface area contributed by atoms with Crippen molar-refractivity contribution in [1.82, 2.24) is 19.9 Å². The first-order valence-corrected chi connectivity index (χ1v) is 11.3. The van der Waals surface area contributed by atoms with Gasteiger partial charge in [0.1, 0.15) is 29.7 Å². The summed E-state index contributed by atoms with van der Waals surface area (Å²) in [4.78, 5) is 15.0. The number of aromatic amines is 2. The Hall–Kier alpha value is -3.11. The second kappa shape index (κ2) is 8.83. The number of alkyl halides is 3. The van der Waals surface area contributed by atoms with Crippen molar-refractivity contribution in [3.05, 3.63) is 64.6 Å². The minimum Gasteiger partial charge on any atom is -0.434 e. The summed E-state index contributed by atoms with van der Waals surface area (Å²) in [5.41, 5.74) is 1.23. The molecule has 0 amide bonds. The molecule has 0 radical (unpaired) electrons. The number of hydrogen-bond donors (Lipinski definition) is 3. The minimum absolute atomic E-state index is 0.123. The van der Waals surface area contributed by atoms with Crippen LogP contribution in [0.1, 0.15) is 48.6 Å². The molecule has 0 aliphatic heterocycles. The fraction of sp³-hybridized carbons (Fsp3) is 0.333. The van der Waals surface area contributed by atoms with Crippen LogP contribution in [0.2, 0.25) is 5.02 Å². The first kappa shape index (κ1) is 23.6. The van der Waals surface area contributed by atoms with E-state index in [9.17, 15) is 22.7 Å². The average Bonchev–Trinajstić information content (AvgIpc) is 3.44. The van der Waals surface area contributed by atoms with Crippen LogP contribution in [0.5, 0.6) is 5.75 Å². The van der Waals surface area contributed by atoms with E-state index in [-0.39, 0.29) is 11.5 Å². The lowest BCUT2D eigenvalue weighted by atomic mass is 9.72. The second-order valence-electron chi connectivity index (χ2n) is 9.01. The highest BCUT2D eigenvalue weighted by atomic mass is 35.5. The number of H-pyrrole nitrogens is 2. The van der Waals surface area contributed by atoms with Gasteiger partial charge in [-0.1, -0.05) is 11.6 Å². The fourth-order valence-corrected chi connectivity index (χ4v) is 5.02. The number of imidazole rings is 1. The largest absolute Gasteiger partial charge is 0.434 e. The fourth-order valence-electron chi connectivity index (χ4n) is 4.73. The molecule has 6 nitrogen and oxygen atoms in total. The number of nitrogens with one attached hydrogen (secondary N) is 2. The van der Waals surface area contributed by atoms with E-state index in [2.05, 4.69) is 24.7 Å². The van der Waals surface area contributed by atoms with Gasteiger partial charge >= 0.3 is 6.61 Å². The van der Waals surface area contributed by atoms with Crippen molar-refractivity contribution in [3.63, 3.8) is 0 Å². The maximum Gasteiger partial charge on any atom is 0.387 e. The van der Waals surface area contributed by atoms with E-state index in [4.69, 9.17) is 11.6 Å². The van der Waals surface area contributed by atoms with Gasteiger partial charge in [0.15, 0.2) is 0 Å². The molecule has 0 saturated heterocycles. The highest BCUT2D eigenvalue weighted by Gasteiger charge is 2.40. The molecule has 1 aliphatic rings. The van der Waals surface area contributed by atoms with Crippen LogP contribution in [0.15, 0.2) is 36.8 Å². The molecule has 1 atom stereocenters. The Balaban J connectivity index is 1.54. The molecule has 0 bridgehead atoms. The summed E-state index contributed by atoms with van der Waals surface area (Å²) in [5, 5.41) is 10.0. The summed E-state index contributed by atoms with van der Waals surface area (Å²) >= 11 is 6.10. The van der Waals surface area contributed by atoms with Crippen LogP contribution < -0.4 is 4.74 Å². The van der Waals surface area contributed by atoms with Crippen LogP contribution in [0.25, 0.3) is 22.3 Å². The molecular formula is C24H21ClF4N4O2. The molecule has 3 heterocycles. The van der Waals surface area contributed by atoms with Gasteiger partial charge in [0.25, 0.3) is 0 Å². The molecule has 1 saturated carbocycles. The molecule has 4 aromatic rings. The quantitative estimate of drug-likeness (QED) is 0.264. The van der Waals surface area contributed by atoms with Gasteiger partial charge in [0.05, 0.1) is 22.5 Å². The van der Waals surface area contributed by atoms with Crippen LogP contribution >= 0.6 is 11.6 Å². The van der Waals surface area contributed by atoms with Crippen molar-refractivity contribution < 1.29 is 27.4 Å². The maximum absolute atomic E-state index is 14.4. The molecule has 1 aromatic carbocycles. The molecule has 1 aliphatic carbocycles. The van der Waals surface area contributed by atoms with E-state index < -0.39 is 41.4 Å². The predicted molar refractivity (Wildman–Crippen MR) is 122 cm³/mol. The normalized spacial score (nSPS) is 20.9. The van der Waals surface area contributed by atoms with Gasteiger partial charge in [-0.25, -0.2) is 14.4 Å². The molecule has 3 aromatic heterocycles. The summed E-state index contributed by atoms with van der Waals surface area (Å²) in [6, 6.07) is 3.66. The highest BCUT2D eigenvalue weighted by Crippen LogP contribution is 2.44. The lowest BCUT2D eigenvalue weighted by molar-refractivity contribution is -0.0506. The van der Waals surface area contributed by atoms with Crippen molar-refractivity contribution in [2.75, 3.05) is 6.67 Å². The Morgan fingerprint density at radius 2 is 2.03 bits per heavy atom. The van der Waals surface area contributed by atoms with Crippen molar-refractivity contribution in [2.24, 2.45) is 0 Å². The molecule has 11 heteroatoms. The molecular weight excluding hydrogens is 488 g/mol. The summed E-state index contributed by atoms with van der Waals surface area (Å²) in [6.45, 7) is -2.46. The van der Waals surface area contributed by atoms with Crippen molar-refractivity contribution in [3.8, 4) is 17.0 Å². The second-order valence-corrected chi connectivity index (χ2v) is 9.38. The Bertz CT molecular complexity index is 1380. The van der Waals surface area contributed by atoms with Crippen LogP contribution in [-0.2, 0) is 0 Å². The number of fused-ring (bicyclic) bond motifs is 1.